The van der Waals surface area contributed by atoms with Crippen molar-refractivity contribution in [2.45, 2.75) is 341 Å². The molecule has 0 amide bonds. The van der Waals surface area contributed by atoms with Gasteiger partial charge in [0, 0.05) is 25.7 Å². The minimum absolute atomic E-state index is 0.0754. The molecule has 0 aromatic heterocycles. The smallest absolute Gasteiger partial charge is 0.462 e. The van der Waals surface area contributed by atoms with Crippen LogP contribution in [0.25, 0.3) is 0 Å². The molecule has 19 heteroatoms. The molecule has 0 radical (unpaired) electrons. The van der Waals surface area contributed by atoms with Crippen LogP contribution in [0, 0.1) is 0 Å². The summed E-state index contributed by atoms with van der Waals surface area (Å²) < 4.78 is 68.6. The molecule has 0 aromatic rings. The van der Waals surface area contributed by atoms with Gasteiger partial charge in [-0.05, 0) is 135 Å². The van der Waals surface area contributed by atoms with Crippen molar-refractivity contribution < 1.29 is 80.2 Å². The van der Waals surface area contributed by atoms with E-state index < -0.39 is 97.5 Å². The van der Waals surface area contributed by atoms with Crippen molar-refractivity contribution in [1.82, 2.24) is 0 Å². The van der Waals surface area contributed by atoms with Gasteiger partial charge in [0.1, 0.15) is 19.3 Å². The van der Waals surface area contributed by atoms with Crippen molar-refractivity contribution in [3.05, 3.63) is 134 Å². The zero-order chi connectivity index (χ0) is 76.0. The highest BCUT2D eigenvalue weighted by molar-refractivity contribution is 7.47. The van der Waals surface area contributed by atoms with Crippen LogP contribution >= 0.6 is 15.6 Å². The van der Waals surface area contributed by atoms with Gasteiger partial charge in [-0.2, -0.15) is 0 Å². The number of hydrogen-bond donors (Lipinski definition) is 3. The topological polar surface area (TPSA) is 237 Å². The summed E-state index contributed by atoms with van der Waals surface area (Å²) in [4.78, 5) is 73.0. The monoisotopic (exact) mass is 1500 g/mol. The fourth-order valence-corrected chi connectivity index (χ4v) is 12.1. The summed E-state index contributed by atoms with van der Waals surface area (Å²) in [5.41, 5.74) is 0. The number of carbonyl (C=O) groups excluding carboxylic acids is 4. The Balaban J connectivity index is 5.36. The Morgan fingerprint density at radius 3 is 0.769 bits per heavy atom. The summed E-state index contributed by atoms with van der Waals surface area (Å²) in [5, 5.41) is 10.6. The molecule has 0 saturated carbocycles. The molecule has 5 atom stereocenters. The fourth-order valence-electron chi connectivity index (χ4n) is 10.6. The number of unbranched alkanes of at least 4 members (excludes halogenated alkanes) is 27. The molecule has 0 rings (SSSR count). The van der Waals surface area contributed by atoms with Crippen molar-refractivity contribution in [1.29, 1.82) is 0 Å². The Hall–Kier alpha value is -4.80. The summed E-state index contributed by atoms with van der Waals surface area (Å²) in [6.07, 6.45) is 85.7. The third kappa shape index (κ3) is 75.4. The van der Waals surface area contributed by atoms with Crippen molar-refractivity contribution >= 4 is 39.5 Å². The van der Waals surface area contributed by atoms with E-state index in [1.807, 2.05) is 0 Å². The van der Waals surface area contributed by atoms with Crippen molar-refractivity contribution in [2.24, 2.45) is 0 Å². The van der Waals surface area contributed by atoms with Crippen LogP contribution in [0.5, 0.6) is 0 Å². The van der Waals surface area contributed by atoms with Crippen LogP contribution in [-0.2, 0) is 65.4 Å². The van der Waals surface area contributed by atoms with Gasteiger partial charge in [0.2, 0.25) is 0 Å². The molecule has 0 fully saturated rings. The maximum Gasteiger partial charge on any atom is 0.472 e. The van der Waals surface area contributed by atoms with E-state index in [9.17, 15) is 43.2 Å². The molecule has 0 aromatic carbocycles. The molecular formula is C85H144O17P2. The van der Waals surface area contributed by atoms with Gasteiger partial charge < -0.3 is 33.8 Å². The second kappa shape index (κ2) is 76.4. The Labute approximate surface area is 631 Å². The van der Waals surface area contributed by atoms with Crippen LogP contribution in [0.1, 0.15) is 323 Å². The van der Waals surface area contributed by atoms with E-state index in [0.717, 1.165) is 205 Å². The van der Waals surface area contributed by atoms with Gasteiger partial charge in [-0.25, -0.2) is 9.13 Å². The van der Waals surface area contributed by atoms with Crippen LogP contribution in [0.15, 0.2) is 134 Å². The first kappa shape index (κ1) is 99.2. The lowest BCUT2D eigenvalue weighted by Gasteiger charge is -2.21. The first-order chi connectivity index (χ1) is 50.7. The first-order valence-electron chi connectivity index (χ1n) is 40.4. The highest BCUT2D eigenvalue weighted by Gasteiger charge is 2.30. The molecule has 596 valence electrons. The lowest BCUT2D eigenvalue weighted by molar-refractivity contribution is -0.161. The summed E-state index contributed by atoms with van der Waals surface area (Å²) in [6.45, 7) is 4.50. The molecule has 0 spiro atoms. The number of aliphatic hydroxyl groups excluding tert-OH is 1. The number of hydrogen-bond acceptors (Lipinski definition) is 15. The molecule has 0 aliphatic carbocycles. The third-order valence-corrected chi connectivity index (χ3v) is 18.5. The van der Waals surface area contributed by atoms with Crippen LogP contribution in [0.4, 0.5) is 0 Å². The average molecular weight is 1500 g/mol. The first-order valence-corrected chi connectivity index (χ1v) is 43.4. The van der Waals surface area contributed by atoms with Crippen LogP contribution < -0.4 is 0 Å². The maximum absolute atomic E-state index is 13.1. The summed E-state index contributed by atoms with van der Waals surface area (Å²) in [6, 6.07) is 0. The molecule has 3 N–H and O–H groups in total. The second-order valence-electron chi connectivity index (χ2n) is 26.6. The number of aliphatic hydroxyl groups is 1. The number of rotatable bonds is 75. The Bertz CT molecular complexity index is 2490. The number of ether oxygens (including phenoxy) is 4. The molecule has 0 bridgehead atoms. The Morgan fingerprint density at radius 2 is 0.500 bits per heavy atom. The maximum atomic E-state index is 13.1. The van der Waals surface area contributed by atoms with E-state index in [0.29, 0.717) is 25.7 Å². The SMILES string of the molecule is CC/C=C\C/C=C\C/C=C\C/C=C\CCCCCCCCC(=O)OCC(COP(=O)(O)OCC(O)COP(=O)(O)OCC(COC(=O)CCCCCC/C=C\C/C=C\C/C=C\C/C=C\CC)OC(=O)CCCCCCCCC/C=C\C/C=C\C/C=C\CC)OC(=O)CCCCCCCCCCCCC. The number of esters is 4. The fraction of sp³-hybridized carbons (Fsp3) is 0.694. The lowest BCUT2D eigenvalue weighted by atomic mass is 10.1. The number of carbonyl (C=O) groups is 4. The van der Waals surface area contributed by atoms with Crippen molar-refractivity contribution in [3.63, 3.8) is 0 Å². The van der Waals surface area contributed by atoms with Gasteiger partial charge in [-0.15, -0.1) is 0 Å². The second-order valence-corrected chi connectivity index (χ2v) is 29.5. The van der Waals surface area contributed by atoms with Gasteiger partial charge in [0.25, 0.3) is 0 Å². The Kier molecular flexibility index (Phi) is 72.9. The molecule has 0 saturated heterocycles. The van der Waals surface area contributed by atoms with Crippen LogP contribution in [-0.4, -0.2) is 96.7 Å². The quantitative estimate of drug-likeness (QED) is 0.0169. The van der Waals surface area contributed by atoms with E-state index >= 15 is 0 Å². The van der Waals surface area contributed by atoms with E-state index in [1.165, 1.54) is 38.5 Å². The number of phosphoric ester groups is 2. The predicted molar refractivity (Wildman–Crippen MR) is 427 cm³/mol. The van der Waals surface area contributed by atoms with E-state index in [-0.39, 0.29) is 25.7 Å². The van der Waals surface area contributed by atoms with Gasteiger partial charge in [0.05, 0.1) is 26.4 Å². The highest BCUT2D eigenvalue weighted by atomic mass is 31.2. The zero-order valence-corrected chi connectivity index (χ0v) is 66.9. The number of allylic oxidation sites excluding steroid dienone is 22. The molecule has 5 unspecified atom stereocenters. The Morgan fingerprint density at radius 1 is 0.279 bits per heavy atom. The van der Waals surface area contributed by atoms with Crippen molar-refractivity contribution in [3.8, 4) is 0 Å². The minimum atomic E-state index is -4.99. The molecule has 0 aliphatic heterocycles. The molecule has 104 heavy (non-hydrogen) atoms. The average Bonchev–Trinajstić information content (AvgIpc) is 0.931. The van der Waals surface area contributed by atoms with Gasteiger partial charge in [-0.1, -0.05) is 296 Å². The van der Waals surface area contributed by atoms with Gasteiger partial charge in [-0.3, -0.25) is 37.3 Å². The molecule has 0 aliphatic rings. The van der Waals surface area contributed by atoms with Gasteiger partial charge >= 0.3 is 39.5 Å². The standard InChI is InChI=1S/C85H144O17P2/c1-5-9-13-17-21-25-29-32-35-38-39-42-44-47-51-54-58-62-66-70-82(87)95-75-80(101-84(89)71-67-63-59-55-49-28-24-20-16-12-8-4)77-99-103(91,92)97-73-79(86)74-98-104(93,94)100-78-81(102-85(90)72-68-64-60-56-52-48-45-41-37-34-31-27-23-19-15-11-7-3)76-96-83(88)69-65-61-57-53-50-46-43-40-36-33-30-26-22-18-14-10-6-2/h9-11,13-15,21-23,25-27,32-37,39,42-43,46,79-81,86H,5-8,12,16-20,24,28-31,38,40-41,44-45,47-78H2,1-4H3,(H,91,92)(H,93,94)/b13-9-,14-10-,15-11-,25-21-,26-22-,27-23-,35-32-,36-33-,37-34-,42-39-,46-43-. The molecule has 17 nitrogen and oxygen atoms in total. The zero-order valence-electron chi connectivity index (χ0n) is 65.2. The molecule has 0 heterocycles. The van der Waals surface area contributed by atoms with Gasteiger partial charge in [0.15, 0.2) is 12.2 Å². The largest absolute Gasteiger partial charge is 0.472 e. The van der Waals surface area contributed by atoms with Crippen LogP contribution in [0.2, 0.25) is 0 Å². The van der Waals surface area contributed by atoms with E-state index in [2.05, 4.69) is 161 Å². The van der Waals surface area contributed by atoms with Crippen molar-refractivity contribution in [2.75, 3.05) is 39.6 Å². The summed E-state index contributed by atoms with van der Waals surface area (Å²) in [7, 11) is -9.97. The molecular weight excluding hydrogens is 1350 g/mol. The number of phosphoric acid groups is 2. The highest BCUT2D eigenvalue weighted by Crippen LogP contribution is 2.45. The van der Waals surface area contributed by atoms with E-state index in [1.54, 1.807) is 0 Å². The minimum Gasteiger partial charge on any atom is -0.462 e. The summed E-state index contributed by atoms with van der Waals surface area (Å²) in [5.74, 6) is -2.22. The third-order valence-electron chi connectivity index (χ3n) is 16.6. The normalized spacial score (nSPS) is 14.6. The summed E-state index contributed by atoms with van der Waals surface area (Å²) >= 11 is 0. The lowest BCUT2D eigenvalue weighted by Crippen LogP contribution is -2.30. The predicted octanol–water partition coefficient (Wildman–Crippen LogP) is 23.7. The van der Waals surface area contributed by atoms with Crippen LogP contribution in [0.3, 0.4) is 0 Å². The van der Waals surface area contributed by atoms with E-state index in [4.69, 9.17) is 37.0 Å².